The standard InChI is InChI=1S/C33H32FN3O6S2/c1-35-33(38)31-28-20-27(24-12-8-5-9-13-24)29(21-30(28)43-32(31)25-14-16-26(34)17-15-25)37(45(3,41)42)19-18-36(44(2,39)40)22-23-10-6-4-7-11-23/h4-17,20-21H,18-19,22H2,1-3H3,(H,35,38). The average Bonchev–Trinajstić information content (AvgIpc) is 3.38. The van der Waals surface area contributed by atoms with Gasteiger partial charge in [-0.25, -0.2) is 21.2 Å². The molecule has 0 bridgehead atoms. The van der Waals surface area contributed by atoms with Crippen LogP contribution in [0.25, 0.3) is 33.4 Å². The third-order valence-corrected chi connectivity index (χ3v) is 9.77. The second-order valence-electron chi connectivity index (χ2n) is 10.5. The van der Waals surface area contributed by atoms with E-state index in [1.165, 1.54) is 35.6 Å². The van der Waals surface area contributed by atoms with Crippen LogP contribution in [0.1, 0.15) is 15.9 Å². The molecule has 0 aliphatic carbocycles. The fourth-order valence-corrected chi connectivity index (χ4v) is 6.88. The maximum absolute atomic E-state index is 13.7. The van der Waals surface area contributed by atoms with Crippen molar-refractivity contribution in [1.82, 2.24) is 9.62 Å². The van der Waals surface area contributed by atoms with Gasteiger partial charge in [0.15, 0.2) is 0 Å². The molecule has 9 nitrogen and oxygen atoms in total. The van der Waals surface area contributed by atoms with E-state index >= 15 is 0 Å². The highest BCUT2D eigenvalue weighted by Crippen LogP contribution is 2.41. The van der Waals surface area contributed by atoms with Crippen molar-refractivity contribution in [3.8, 4) is 22.5 Å². The first kappa shape index (κ1) is 31.9. The fourth-order valence-electron chi connectivity index (χ4n) is 5.16. The molecule has 0 aliphatic heterocycles. The summed E-state index contributed by atoms with van der Waals surface area (Å²) >= 11 is 0. The van der Waals surface area contributed by atoms with Gasteiger partial charge in [0.25, 0.3) is 5.91 Å². The summed E-state index contributed by atoms with van der Waals surface area (Å²) in [5.41, 5.74) is 3.04. The van der Waals surface area contributed by atoms with Crippen LogP contribution >= 0.6 is 0 Å². The Morgan fingerprint density at radius 1 is 0.800 bits per heavy atom. The molecule has 5 rings (SSSR count). The maximum Gasteiger partial charge on any atom is 0.255 e. The van der Waals surface area contributed by atoms with Crippen molar-refractivity contribution < 1.29 is 30.4 Å². The number of hydrogen-bond donors (Lipinski definition) is 1. The van der Waals surface area contributed by atoms with Gasteiger partial charge in [-0.2, -0.15) is 4.31 Å². The van der Waals surface area contributed by atoms with Gasteiger partial charge in [-0.05, 0) is 41.5 Å². The molecule has 0 radical (unpaired) electrons. The lowest BCUT2D eigenvalue weighted by molar-refractivity contribution is 0.0964. The molecule has 1 aromatic heterocycles. The molecular formula is C33H32FN3O6S2. The van der Waals surface area contributed by atoms with Gasteiger partial charge in [0.2, 0.25) is 20.0 Å². The number of rotatable bonds is 11. The Hall–Kier alpha value is -4.52. The minimum Gasteiger partial charge on any atom is -0.455 e. The first-order chi connectivity index (χ1) is 21.4. The van der Waals surface area contributed by atoms with Crippen molar-refractivity contribution in [3.05, 3.63) is 114 Å². The van der Waals surface area contributed by atoms with Gasteiger partial charge in [-0.1, -0.05) is 60.7 Å². The predicted molar refractivity (Wildman–Crippen MR) is 174 cm³/mol. The molecule has 0 saturated carbocycles. The molecule has 12 heteroatoms. The molecule has 1 N–H and O–H groups in total. The zero-order valence-electron chi connectivity index (χ0n) is 24.9. The Kier molecular flexibility index (Phi) is 9.10. The lowest BCUT2D eigenvalue weighted by Crippen LogP contribution is -2.40. The van der Waals surface area contributed by atoms with Crippen LogP contribution in [0, 0.1) is 5.82 Å². The van der Waals surface area contributed by atoms with Gasteiger partial charge >= 0.3 is 0 Å². The minimum absolute atomic E-state index is 0.0660. The van der Waals surface area contributed by atoms with Crippen molar-refractivity contribution in [1.29, 1.82) is 0 Å². The highest BCUT2D eigenvalue weighted by atomic mass is 32.2. The highest BCUT2D eigenvalue weighted by Gasteiger charge is 2.28. The summed E-state index contributed by atoms with van der Waals surface area (Å²) in [5.74, 6) is -0.703. The highest BCUT2D eigenvalue weighted by molar-refractivity contribution is 7.92. The second-order valence-corrected chi connectivity index (χ2v) is 14.4. The van der Waals surface area contributed by atoms with E-state index in [1.807, 2.05) is 24.3 Å². The number of fused-ring (bicyclic) bond motifs is 1. The molecule has 5 aromatic rings. The topological polar surface area (TPSA) is 117 Å². The number of hydrogen-bond acceptors (Lipinski definition) is 6. The molecule has 0 aliphatic rings. The third kappa shape index (κ3) is 7.08. The number of carbonyl (C=O) groups excluding carboxylic acids is 1. The number of nitrogens with one attached hydrogen (secondary N) is 1. The van der Waals surface area contributed by atoms with Crippen LogP contribution in [0.15, 0.2) is 101 Å². The Bertz CT molecular complexity index is 2050. The summed E-state index contributed by atoms with van der Waals surface area (Å²) in [5, 5.41) is 3.05. The predicted octanol–water partition coefficient (Wildman–Crippen LogP) is 5.49. The van der Waals surface area contributed by atoms with Gasteiger partial charge in [0.05, 0.1) is 23.8 Å². The number of anilines is 1. The molecule has 45 heavy (non-hydrogen) atoms. The number of carbonyl (C=O) groups is 1. The third-order valence-electron chi connectivity index (χ3n) is 7.34. The Labute approximate surface area is 262 Å². The molecule has 234 valence electrons. The van der Waals surface area contributed by atoms with E-state index in [1.54, 1.807) is 48.5 Å². The van der Waals surface area contributed by atoms with E-state index in [-0.39, 0.29) is 42.2 Å². The number of amides is 1. The molecule has 0 atom stereocenters. The Balaban J connectivity index is 1.68. The quantitative estimate of drug-likeness (QED) is 0.202. The normalized spacial score (nSPS) is 12.0. The summed E-state index contributed by atoms with van der Waals surface area (Å²) in [6.45, 7) is -0.260. The summed E-state index contributed by atoms with van der Waals surface area (Å²) in [6.07, 6.45) is 2.14. The molecule has 1 amide bonds. The SMILES string of the molecule is CNC(=O)c1c(-c2ccc(F)cc2)oc2cc(N(CCN(Cc3ccccc3)S(C)(=O)=O)S(C)(=O)=O)c(-c3ccccc3)cc12. The molecule has 0 unspecified atom stereocenters. The largest absolute Gasteiger partial charge is 0.455 e. The molecule has 0 saturated heterocycles. The molecule has 0 fully saturated rings. The van der Waals surface area contributed by atoms with Crippen LogP contribution in [0.5, 0.6) is 0 Å². The van der Waals surface area contributed by atoms with Crippen LogP contribution in [0.3, 0.4) is 0 Å². The van der Waals surface area contributed by atoms with E-state index in [2.05, 4.69) is 5.32 Å². The van der Waals surface area contributed by atoms with Crippen molar-refractivity contribution in [2.75, 3.05) is 37.0 Å². The van der Waals surface area contributed by atoms with Crippen molar-refractivity contribution in [2.45, 2.75) is 6.54 Å². The number of benzene rings is 4. The number of furan rings is 1. The number of sulfonamides is 2. The molecular weight excluding hydrogens is 618 g/mol. The maximum atomic E-state index is 13.7. The Morgan fingerprint density at radius 3 is 2.00 bits per heavy atom. The Morgan fingerprint density at radius 2 is 1.42 bits per heavy atom. The lowest BCUT2D eigenvalue weighted by atomic mass is 9.98. The van der Waals surface area contributed by atoms with Crippen molar-refractivity contribution >= 4 is 42.6 Å². The van der Waals surface area contributed by atoms with Gasteiger partial charge < -0.3 is 9.73 Å². The number of halogens is 1. The van der Waals surface area contributed by atoms with Crippen LogP contribution in [-0.2, 0) is 26.6 Å². The van der Waals surface area contributed by atoms with E-state index < -0.39 is 31.8 Å². The average molecular weight is 650 g/mol. The summed E-state index contributed by atoms with van der Waals surface area (Å²) in [6, 6.07) is 26.8. The molecule has 1 heterocycles. The summed E-state index contributed by atoms with van der Waals surface area (Å²) in [4.78, 5) is 13.2. The van der Waals surface area contributed by atoms with Crippen molar-refractivity contribution in [3.63, 3.8) is 0 Å². The first-order valence-electron chi connectivity index (χ1n) is 14.0. The summed E-state index contributed by atoms with van der Waals surface area (Å²) in [7, 11) is -6.19. The smallest absolute Gasteiger partial charge is 0.255 e. The van der Waals surface area contributed by atoms with Gasteiger partial charge in [0.1, 0.15) is 17.2 Å². The molecule has 0 spiro atoms. The summed E-state index contributed by atoms with van der Waals surface area (Å²) < 4.78 is 74.6. The molecule has 4 aromatic carbocycles. The first-order valence-corrected chi connectivity index (χ1v) is 17.7. The fraction of sp³-hybridized carbons (Fsp3) is 0.182. The van der Waals surface area contributed by atoms with E-state index in [4.69, 9.17) is 4.42 Å². The van der Waals surface area contributed by atoms with Crippen LogP contribution in [-0.4, -0.2) is 59.7 Å². The second kappa shape index (κ2) is 12.8. The number of nitrogens with zero attached hydrogens (tertiary/aromatic N) is 2. The lowest BCUT2D eigenvalue weighted by Gasteiger charge is -2.28. The van der Waals surface area contributed by atoms with Crippen LogP contribution in [0.4, 0.5) is 10.1 Å². The monoisotopic (exact) mass is 649 g/mol. The minimum atomic E-state index is -3.96. The zero-order valence-corrected chi connectivity index (χ0v) is 26.5. The van der Waals surface area contributed by atoms with Crippen molar-refractivity contribution in [2.24, 2.45) is 0 Å². The van der Waals surface area contributed by atoms with Crippen LogP contribution < -0.4 is 9.62 Å². The van der Waals surface area contributed by atoms with E-state index in [0.29, 0.717) is 22.1 Å². The van der Waals surface area contributed by atoms with E-state index in [9.17, 15) is 26.0 Å². The van der Waals surface area contributed by atoms with Gasteiger partial charge in [-0.3, -0.25) is 9.10 Å². The van der Waals surface area contributed by atoms with Gasteiger partial charge in [-0.15, -0.1) is 0 Å². The zero-order chi connectivity index (χ0) is 32.4. The van der Waals surface area contributed by atoms with E-state index in [0.717, 1.165) is 22.4 Å². The van der Waals surface area contributed by atoms with Gasteiger partial charge in [0, 0.05) is 49.3 Å². The van der Waals surface area contributed by atoms with Crippen LogP contribution in [0.2, 0.25) is 0 Å².